The molecule has 1 aromatic carbocycles. The van der Waals surface area contributed by atoms with Gasteiger partial charge in [-0.05, 0) is 17.5 Å². The lowest BCUT2D eigenvalue weighted by molar-refractivity contribution is 0.0393. The van der Waals surface area contributed by atoms with Gasteiger partial charge in [0.05, 0.1) is 33.5 Å². The zero-order chi connectivity index (χ0) is 15.5. The minimum atomic E-state index is -0.713. The van der Waals surface area contributed by atoms with Gasteiger partial charge in [-0.2, -0.15) is 0 Å². The van der Waals surface area contributed by atoms with E-state index in [1.807, 2.05) is 20.8 Å². The number of hydrogen-bond donors (Lipinski definition) is 2. The number of rotatable bonds is 5. The molecule has 0 radical (unpaired) electrons. The summed E-state index contributed by atoms with van der Waals surface area (Å²) >= 11 is 0. The largest absolute Gasteiger partial charge is 0.493 e. The molecule has 0 saturated heterocycles. The molecule has 1 aromatic rings. The van der Waals surface area contributed by atoms with Crippen molar-refractivity contribution in [2.75, 3.05) is 21.3 Å². The molecular formula is C15H26ClNO4. The molecule has 0 aromatic heterocycles. The van der Waals surface area contributed by atoms with E-state index in [-0.39, 0.29) is 17.8 Å². The number of nitrogens with two attached hydrogens (primary N) is 1. The van der Waals surface area contributed by atoms with Crippen LogP contribution in [0.3, 0.4) is 0 Å². The van der Waals surface area contributed by atoms with Gasteiger partial charge in [-0.25, -0.2) is 0 Å². The van der Waals surface area contributed by atoms with Gasteiger partial charge in [-0.15, -0.1) is 12.4 Å². The molecule has 21 heavy (non-hydrogen) atoms. The van der Waals surface area contributed by atoms with Crippen LogP contribution in [0.2, 0.25) is 0 Å². The van der Waals surface area contributed by atoms with Gasteiger partial charge in [-0.1, -0.05) is 20.8 Å². The van der Waals surface area contributed by atoms with Crippen molar-refractivity contribution >= 4 is 12.4 Å². The molecule has 3 N–H and O–H groups in total. The first-order valence-corrected chi connectivity index (χ1v) is 6.50. The Bertz CT molecular complexity index is 460. The SMILES string of the molecule is COc1ccc([C@@H](N)[C@@H](O)C(C)(C)C)c(OC)c1OC.Cl. The molecule has 1 rings (SSSR count). The Morgan fingerprint density at radius 2 is 1.52 bits per heavy atom. The first-order chi connectivity index (χ1) is 9.27. The summed E-state index contributed by atoms with van der Waals surface area (Å²) in [6.07, 6.45) is -0.713. The molecule has 0 aliphatic rings. The van der Waals surface area contributed by atoms with Gasteiger partial charge in [0.2, 0.25) is 5.75 Å². The monoisotopic (exact) mass is 319 g/mol. The molecule has 0 spiro atoms. The van der Waals surface area contributed by atoms with Crippen LogP contribution in [-0.2, 0) is 0 Å². The average molecular weight is 320 g/mol. The fraction of sp³-hybridized carbons (Fsp3) is 0.600. The van der Waals surface area contributed by atoms with E-state index in [2.05, 4.69) is 0 Å². The highest BCUT2D eigenvalue weighted by Gasteiger charge is 2.32. The van der Waals surface area contributed by atoms with Crippen molar-refractivity contribution in [3.05, 3.63) is 17.7 Å². The van der Waals surface area contributed by atoms with Crippen molar-refractivity contribution in [3.63, 3.8) is 0 Å². The van der Waals surface area contributed by atoms with E-state index >= 15 is 0 Å². The van der Waals surface area contributed by atoms with E-state index < -0.39 is 12.1 Å². The molecule has 0 aliphatic carbocycles. The quantitative estimate of drug-likeness (QED) is 0.872. The summed E-state index contributed by atoms with van der Waals surface area (Å²) < 4.78 is 16.0. The van der Waals surface area contributed by atoms with E-state index in [1.54, 1.807) is 19.2 Å². The molecule has 5 nitrogen and oxygen atoms in total. The van der Waals surface area contributed by atoms with E-state index in [0.29, 0.717) is 22.8 Å². The van der Waals surface area contributed by atoms with Crippen LogP contribution in [0.1, 0.15) is 32.4 Å². The molecule has 0 heterocycles. The van der Waals surface area contributed by atoms with Crippen LogP contribution in [-0.4, -0.2) is 32.5 Å². The molecule has 6 heteroatoms. The Balaban J connectivity index is 0.00000400. The summed E-state index contributed by atoms with van der Waals surface area (Å²) in [5.74, 6) is 1.53. The molecule has 0 fully saturated rings. The normalized spacial score (nSPS) is 13.9. The Hall–Kier alpha value is -1.17. The van der Waals surface area contributed by atoms with Gasteiger partial charge in [0, 0.05) is 5.56 Å². The maximum Gasteiger partial charge on any atom is 0.203 e. The van der Waals surface area contributed by atoms with Crippen molar-refractivity contribution in [1.29, 1.82) is 0 Å². The topological polar surface area (TPSA) is 73.9 Å². The Kier molecular flexibility index (Phi) is 7.30. The van der Waals surface area contributed by atoms with E-state index in [1.165, 1.54) is 14.2 Å². The highest BCUT2D eigenvalue weighted by Crippen LogP contribution is 2.43. The molecule has 0 amide bonds. The first-order valence-electron chi connectivity index (χ1n) is 6.50. The third-order valence-corrected chi connectivity index (χ3v) is 3.32. The maximum atomic E-state index is 10.4. The second-order valence-electron chi connectivity index (χ2n) is 5.76. The predicted molar refractivity (Wildman–Crippen MR) is 85.7 cm³/mol. The van der Waals surface area contributed by atoms with E-state index in [9.17, 15) is 5.11 Å². The fourth-order valence-corrected chi connectivity index (χ4v) is 2.10. The minimum absolute atomic E-state index is 0. The predicted octanol–water partition coefficient (Wildman–Crippen LogP) is 2.54. The minimum Gasteiger partial charge on any atom is -0.493 e. The average Bonchev–Trinajstić information content (AvgIpc) is 2.42. The van der Waals surface area contributed by atoms with Crippen LogP contribution >= 0.6 is 12.4 Å². The van der Waals surface area contributed by atoms with Crippen molar-refractivity contribution in [3.8, 4) is 17.2 Å². The van der Waals surface area contributed by atoms with E-state index in [4.69, 9.17) is 19.9 Å². The summed E-state index contributed by atoms with van der Waals surface area (Å²) in [7, 11) is 4.63. The second kappa shape index (κ2) is 7.73. The number of ether oxygens (including phenoxy) is 3. The molecular weight excluding hydrogens is 294 g/mol. The van der Waals surface area contributed by atoms with Crippen LogP contribution in [0, 0.1) is 5.41 Å². The van der Waals surface area contributed by atoms with Gasteiger partial charge in [0.1, 0.15) is 0 Å². The number of aliphatic hydroxyl groups is 1. The lowest BCUT2D eigenvalue weighted by Crippen LogP contribution is -2.37. The van der Waals surface area contributed by atoms with Crippen LogP contribution in [0.15, 0.2) is 12.1 Å². The van der Waals surface area contributed by atoms with Crippen LogP contribution in [0.5, 0.6) is 17.2 Å². The second-order valence-corrected chi connectivity index (χ2v) is 5.76. The molecule has 0 unspecified atom stereocenters. The van der Waals surface area contributed by atoms with Crippen molar-refractivity contribution in [2.24, 2.45) is 11.1 Å². The third-order valence-electron chi connectivity index (χ3n) is 3.32. The number of aliphatic hydroxyl groups excluding tert-OH is 1. The van der Waals surface area contributed by atoms with Crippen molar-refractivity contribution < 1.29 is 19.3 Å². The number of hydrogen-bond acceptors (Lipinski definition) is 5. The van der Waals surface area contributed by atoms with Crippen LogP contribution in [0.4, 0.5) is 0 Å². The maximum absolute atomic E-state index is 10.4. The number of benzene rings is 1. The first kappa shape index (κ1) is 19.8. The van der Waals surface area contributed by atoms with Gasteiger partial charge < -0.3 is 25.1 Å². The van der Waals surface area contributed by atoms with Gasteiger partial charge in [0.25, 0.3) is 0 Å². The lowest BCUT2D eigenvalue weighted by Gasteiger charge is -2.32. The third kappa shape index (κ3) is 4.15. The van der Waals surface area contributed by atoms with Gasteiger partial charge in [0.15, 0.2) is 11.5 Å². The Labute approximate surface area is 132 Å². The lowest BCUT2D eigenvalue weighted by atomic mass is 9.82. The summed E-state index contributed by atoms with van der Waals surface area (Å²) in [6, 6.07) is 2.97. The van der Waals surface area contributed by atoms with Crippen LogP contribution < -0.4 is 19.9 Å². The fourth-order valence-electron chi connectivity index (χ4n) is 2.10. The Morgan fingerprint density at radius 3 is 1.90 bits per heavy atom. The summed E-state index contributed by atoms with van der Waals surface area (Å²) in [5.41, 5.74) is 6.54. The number of methoxy groups -OCH3 is 3. The standard InChI is InChI=1S/C15H25NO4.ClH/c1-15(2,3)14(17)11(16)9-7-8-10(18-4)13(20-6)12(9)19-5;/h7-8,11,14,17H,16H2,1-6H3;1H/t11-,14-;/m1./s1. The Morgan fingerprint density at radius 1 is 1.00 bits per heavy atom. The molecule has 122 valence electrons. The van der Waals surface area contributed by atoms with Gasteiger partial charge >= 0.3 is 0 Å². The summed E-state index contributed by atoms with van der Waals surface area (Å²) in [4.78, 5) is 0. The van der Waals surface area contributed by atoms with Crippen molar-refractivity contribution in [1.82, 2.24) is 0 Å². The summed E-state index contributed by atoms with van der Waals surface area (Å²) in [6.45, 7) is 5.81. The molecule has 0 saturated carbocycles. The highest BCUT2D eigenvalue weighted by atomic mass is 35.5. The smallest absolute Gasteiger partial charge is 0.203 e. The van der Waals surface area contributed by atoms with Crippen molar-refractivity contribution in [2.45, 2.75) is 32.9 Å². The van der Waals surface area contributed by atoms with Gasteiger partial charge in [-0.3, -0.25) is 0 Å². The number of halogens is 1. The zero-order valence-electron chi connectivity index (χ0n) is 13.5. The van der Waals surface area contributed by atoms with Crippen LogP contribution in [0.25, 0.3) is 0 Å². The molecule has 0 aliphatic heterocycles. The molecule has 2 atom stereocenters. The highest BCUT2D eigenvalue weighted by molar-refractivity contribution is 5.85. The molecule has 0 bridgehead atoms. The van der Waals surface area contributed by atoms with E-state index in [0.717, 1.165) is 0 Å². The summed E-state index contributed by atoms with van der Waals surface area (Å²) in [5, 5.41) is 10.4. The zero-order valence-corrected chi connectivity index (χ0v) is 14.3.